The van der Waals surface area contributed by atoms with E-state index in [1.807, 2.05) is 12.1 Å². The van der Waals surface area contributed by atoms with Crippen molar-refractivity contribution in [2.75, 3.05) is 0 Å². The summed E-state index contributed by atoms with van der Waals surface area (Å²) in [5.74, 6) is 0.0404. The average Bonchev–Trinajstić information content (AvgIpc) is 2.81. The molecule has 0 saturated heterocycles. The van der Waals surface area contributed by atoms with Gasteiger partial charge in [0.2, 0.25) is 0 Å². The number of hydrogen-bond donors (Lipinski definition) is 2. The highest BCUT2D eigenvalue weighted by atomic mass is 16.4. The van der Waals surface area contributed by atoms with Crippen LogP contribution in [0.4, 0.5) is 0 Å². The predicted molar refractivity (Wildman–Crippen MR) is 70.7 cm³/mol. The number of aliphatic carboxylic acids is 1. The van der Waals surface area contributed by atoms with Crippen LogP contribution >= 0.6 is 0 Å². The molecule has 100 valence electrons. The van der Waals surface area contributed by atoms with Gasteiger partial charge in [-0.2, -0.15) is 0 Å². The van der Waals surface area contributed by atoms with Crippen LogP contribution in [-0.4, -0.2) is 26.0 Å². The minimum atomic E-state index is -0.694. The van der Waals surface area contributed by atoms with Crippen molar-refractivity contribution in [1.82, 2.24) is 15.0 Å². The molecular formula is C14H17N3O2. The van der Waals surface area contributed by atoms with Gasteiger partial charge in [0, 0.05) is 12.6 Å². The van der Waals surface area contributed by atoms with Gasteiger partial charge in [-0.3, -0.25) is 4.79 Å². The van der Waals surface area contributed by atoms with Gasteiger partial charge in [0.25, 0.3) is 0 Å². The molecule has 0 atom stereocenters. The quantitative estimate of drug-likeness (QED) is 0.887. The van der Waals surface area contributed by atoms with Gasteiger partial charge < -0.3 is 10.1 Å². The summed E-state index contributed by atoms with van der Waals surface area (Å²) in [6.07, 6.45) is 6.77. The van der Waals surface area contributed by atoms with Crippen LogP contribution in [0.25, 0.3) is 11.2 Å². The van der Waals surface area contributed by atoms with Gasteiger partial charge >= 0.3 is 5.97 Å². The molecule has 1 saturated carbocycles. The second-order valence-electron chi connectivity index (χ2n) is 5.38. The minimum absolute atomic E-state index is 0.471. The second kappa shape index (κ2) is 4.64. The number of pyridine rings is 1. The number of carboxylic acid groups (broad SMARTS) is 1. The highest BCUT2D eigenvalue weighted by Gasteiger charge is 2.40. The molecule has 0 amide bonds. The molecule has 2 aromatic heterocycles. The molecule has 0 aliphatic heterocycles. The fraction of sp³-hybridized carbons (Fsp3) is 0.500. The summed E-state index contributed by atoms with van der Waals surface area (Å²) in [6, 6.07) is 3.75. The number of aromatic nitrogens is 3. The molecule has 1 aliphatic carbocycles. The van der Waals surface area contributed by atoms with Crippen molar-refractivity contribution >= 4 is 17.1 Å². The number of aromatic amines is 1. The molecule has 3 rings (SSSR count). The molecule has 0 unspecified atom stereocenters. The summed E-state index contributed by atoms with van der Waals surface area (Å²) in [5.41, 5.74) is 0.884. The number of nitrogens with one attached hydrogen (secondary N) is 1. The van der Waals surface area contributed by atoms with Crippen molar-refractivity contribution in [1.29, 1.82) is 0 Å². The molecule has 2 N–H and O–H groups in total. The Labute approximate surface area is 111 Å². The normalized spacial score (nSPS) is 18.5. The van der Waals surface area contributed by atoms with E-state index in [4.69, 9.17) is 0 Å². The van der Waals surface area contributed by atoms with E-state index in [0.29, 0.717) is 12.1 Å². The first-order valence-corrected chi connectivity index (χ1v) is 6.73. The van der Waals surface area contributed by atoms with E-state index >= 15 is 0 Å². The van der Waals surface area contributed by atoms with Crippen molar-refractivity contribution in [2.45, 2.75) is 38.5 Å². The summed E-state index contributed by atoms with van der Waals surface area (Å²) < 4.78 is 0. The SMILES string of the molecule is O=C(O)C1(Cc2nc3ncccc3[nH]2)CCCCC1. The third-order valence-electron chi connectivity index (χ3n) is 4.08. The van der Waals surface area contributed by atoms with Crippen molar-refractivity contribution in [3.05, 3.63) is 24.2 Å². The Morgan fingerprint density at radius 1 is 1.37 bits per heavy atom. The number of rotatable bonds is 3. The Bertz CT molecular complexity index is 567. The van der Waals surface area contributed by atoms with Gasteiger partial charge in [0.15, 0.2) is 5.65 Å². The molecule has 2 aromatic rings. The lowest BCUT2D eigenvalue weighted by molar-refractivity contribution is -0.151. The summed E-state index contributed by atoms with van der Waals surface area (Å²) in [6.45, 7) is 0. The molecular weight excluding hydrogens is 242 g/mol. The zero-order valence-corrected chi connectivity index (χ0v) is 10.7. The van der Waals surface area contributed by atoms with Gasteiger partial charge in [-0.25, -0.2) is 9.97 Å². The fourth-order valence-electron chi connectivity index (χ4n) is 2.99. The van der Waals surface area contributed by atoms with E-state index in [0.717, 1.165) is 43.4 Å². The largest absolute Gasteiger partial charge is 0.481 e. The van der Waals surface area contributed by atoms with Gasteiger partial charge in [0.1, 0.15) is 5.82 Å². The van der Waals surface area contributed by atoms with E-state index in [1.54, 1.807) is 6.20 Å². The van der Waals surface area contributed by atoms with Crippen molar-refractivity contribution in [3.8, 4) is 0 Å². The number of fused-ring (bicyclic) bond motifs is 1. The lowest BCUT2D eigenvalue weighted by Gasteiger charge is -2.32. The van der Waals surface area contributed by atoms with E-state index in [-0.39, 0.29) is 0 Å². The van der Waals surface area contributed by atoms with E-state index in [9.17, 15) is 9.90 Å². The van der Waals surface area contributed by atoms with Gasteiger partial charge in [-0.15, -0.1) is 0 Å². The van der Waals surface area contributed by atoms with E-state index in [1.165, 1.54) is 0 Å². The van der Waals surface area contributed by atoms with Gasteiger partial charge in [-0.1, -0.05) is 19.3 Å². The lowest BCUT2D eigenvalue weighted by Crippen LogP contribution is -2.35. The van der Waals surface area contributed by atoms with E-state index < -0.39 is 11.4 Å². The molecule has 0 spiro atoms. The highest BCUT2D eigenvalue weighted by Crippen LogP contribution is 2.39. The Morgan fingerprint density at radius 2 is 2.16 bits per heavy atom. The van der Waals surface area contributed by atoms with Crippen molar-refractivity contribution < 1.29 is 9.90 Å². The first-order chi connectivity index (χ1) is 9.20. The Hall–Kier alpha value is -1.91. The Kier molecular flexibility index (Phi) is 2.97. The van der Waals surface area contributed by atoms with Crippen LogP contribution in [0.5, 0.6) is 0 Å². The molecule has 0 radical (unpaired) electrons. The first kappa shape index (κ1) is 12.1. The van der Waals surface area contributed by atoms with Gasteiger partial charge in [0.05, 0.1) is 10.9 Å². The van der Waals surface area contributed by atoms with Crippen LogP contribution in [0.1, 0.15) is 37.9 Å². The van der Waals surface area contributed by atoms with Crippen LogP contribution in [0.2, 0.25) is 0 Å². The third kappa shape index (κ3) is 2.20. The molecule has 0 bridgehead atoms. The maximum absolute atomic E-state index is 11.6. The predicted octanol–water partition coefficient (Wildman–Crippen LogP) is 2.54. The Balaban J connectivity index is 1.91. The maximum atomic E-state index is 11.6. The number of carbonyl (C=O) groups is 1. The van der Waals surface area contributed by atoms with Crippen LogP contribution in [-0.2, 0) is 11.2 Å². The summed E-state index contributed by atoms with van der Waals surface area (Å²) in [5, 5.41) is 9.57. The molecule has 0 aromatic carbocycles. The third-order valence-corrected chi connectivity index (χ3v) is 4.08. The van der Waals surface area contributed by atoms with E-state index in [2.05, 4.69) is 15.0 Å². The zero-order chi connectivity index (χ0) is 13.3. The van der Waals surface area contributed by atoms with Crippen molar-refractivity contribution in [2.24, 2.45) is 5.41 Å². The minimum Gasteiger partial charge on any atom is -0.481 e. The molecule has 5 heteroatoms. The molecule has 2 heterocycles. The number of H-pyrrole nitrogens is 1. The standard InChI is InChI=1S/C14H17N3O2/c18-13(19)14(6-2-1-3-7-14)9-11-16-10-5-4-8-15-12(10)17-11/h4-5,8H,1-3,6-7,9H2,(H,18,19)(H,15,16,17). The molecule has 19 heavy (non-hydrogen) atoms. The van der Waals surface area contributed by atoms with Crippen LogP contribution in [0.3, 0.4) is 0 Å². The number of nitrogens with zero attached hydrogens (tertiary/aromatic N) is 2. The lowest BCUT2D eigenvalue weighted by atomic mass is 9.72. The summed E-state index contributed by atoms with van der Waals surface area (Å²) in [4.78, 5) is 23.4. The number of carboxylic acids is 1. The average molecular weight is 259 g/mol. The maximum Gasteiger partial charge on any atom is 0.310 e. The Morgan fingerprint density at radius 3 is 2.84 bits per heavy atom. The second-order valence-corrected chi connectivity index (χ2v) is 5.38. The number of hydrogen-bond acceptors (Lipinski definition) is 3. The van der Waals surface area contributed by atoms with Crippen LogP contribution in [0, 0.1) is 5.41 Å². The fourth-order valence-corrected chi connectivity index (χ4v) is 2.99. The molecule has 1 aliphatic rings. The highest BCUT2D eigenvalue weighted by molar-refractivity contribution is 5.75. The molecule has 5 nitrogen and oxygen atoms in total. The molecule has 1 fully saturated rings. The smallest absolute Gasteiger partial charge is 0.310 e. The van der Waals surface area contributed by atoms with Crippen molar-refractivity contribution in [3.63, 3.8) is 0 Å². The number of imidazole rings is 1. The van der Waals surface area contributed by atoms with Crippen LogP contribution in [0.15, 0.2) is 18.3 Å². The van der Waals surface area contributed by atoms with Crippen LogP contribution < -0.4 is 0 Å². The summed E-state index contributed by atoms with van der Waals surface area (Å²) >= 11 is 0. The van der Waals surface area contributed by atoms with Gasteiger partial charge in [-0.05, 0) is 25.0 Å². The first-order valence-electron chi connectivity index (χ1n) is 6.73. The zero-order valence-electron chi connectivity index (χ0n) is 10.7. The monoisotopic (exact) mass is 259 g/mol. The summed E-state index contributed by atoms with van der Waals surface area (Å²) in [7, 11) is 0. The topological polar surface area (TPSA) is 78.9 Å².